The molecule has 2 aromatic carbocycles. The molecule has 1 aliphatic rings. The van der Waals surface area contributed by atoms with E-state index in [1.807, 2.05) is 37.3 Å². The van der Waals surface area contributed by atoms with Crippen molar-refractivity contribution >= 4 is 20.4 Å². The maximum Gasteiger partial charge on any atom is 0.306 e. The average molecular weight is 435 g/mol. The van der Waals surface area contributed by atoms with E-state index >= 15 is 0 Å². The molecule has 2 aromatic rings. The zero-order chi connectivity index (χ0) is 20.7. The van der Waals surface area contributed by atoms with Crippen LogP contribution in [0.3, 0.4) is 0 Å². The molecule has 1 atom stereocenters. The topological polar surface area (TPSA) is 43.4 Å². The summed E-state index contributed by atoms with van der Waals surface area (Å²) in [5, 5.41) is 0.348. The lowest BCUT2D eigenvalue weighted by atomic mass is 10.1. The summed E-state index contributed by atoms with van der Waals surface area (Å²) in [6, 6.07) is 17.1. The minimum absolute atomic E-state index is 0.263. The quantitative estimate of drug-likeness (QED) is 0.338. The lowest BCUT2D eigenvalue weighted by molar-refractivity contribution is 0.506. The van der Waals surface area contributed by atoms with Gasteiger partial charge in [0.1, 0.15) is 0 Å². The van der Waals surface area contributed by atoms with Gasteiger partial charge >= 0.3 is 10.1 Å². The zero-order valence-electron chi connectivity index (χ0n) is 17.7. The zero-order valence-corrected chi connectivity index (χ0v) is 19.3. The molecule has 1 saturated carbocycles. The van der Waals surface area contributed by atoms with Gasteiger partial charge in [0.15, 0.2) is 0 Å². The van der Waals surface area contributed by atoms with Crippen LogP contribution in [-0.4, -0.2) is 19.4 Å². The Bertz CT molecular complexity index is 859. The summed E-state index contributed by atoms with van der Waals surface area (Å²) < 4.78 is 32.7. The van der Waals surface area contributed by atoms with E-state index in [1.54, 1.807) is 12.1 Å². The molecular formula is C24H34O3S2. The monoisotopic (exact) mass is 434 g/mol. The smallest absolute Gasteiger partial charge is 0.212 e. The van der Waals surface area contributed by atoms with Crippen molar-refractivity contribution < 1.29 is 12.0 Å². The molecule has 0 spiro atoms. The van der Waals surface area contributed by atoms with E-state index in [9.17, 15) is 8.42 Å². The van der Waals surface area contributed by atoms with Gasteiger partial charge in [0.25, 0.3) is 0 Å². The average Bonchev–Trinajstić information content (AvgIpc) is 3.56. The molecule has 5 heteroatoms. The Morgan fingerprint density at radius 1 is 0.828 bits per heavy atom. The lowest BCUT2D eigenvalue weighted by Crippen LogP contribution is -2.19. The minimum atomic E-state index is -3.80. The van der Waals surface area contributed by atoms with Crippen molar-refractivity contribution in [2.75, 3.05) is 5.75 Å². The highest BCUT2D eigenvalue weighted by Gasteiger charge is 2.46. The molecule has 0 radical (unpaired) electrons. The molecule has 0 amide bonds. The molecule has 3 nitrogen and oxygen atoms in total. The van der Waals surface area contributed by atoms with Crippen LogP contribution in [0.5, 0.6) is 0 Å². The van der Waals surface area contributed by atoms with Crippen LogP contribution in [0.25, 0.3) is 0 Å². The molecule has 3 rings (SSSR count). The number of rotatable bonds is 12. The first-order chi connectivity index (χ1) is 14.0. The van der Waals surface area contributed by atoms with Crippen LogP contribution in [0, 0.1) is 6.92 Å². The van der Waals surface area contributed by atoms with Crippen molar-refractivity contribution in [2.24, 2.45) is 0 Å². The summed E-state index contributed by atoms with van der Waals surface area (Å²) >= 11 is 0. The molecule has 0 bridgehead atoms. The Morgan fingerprint density at radius 3 is 2.07 bits per heavy atom. The second-order valence-corrected chi connectivity index (χ2v) is 13.0. The second kappa shape index (κ2) is 10.1. The van der Waals surface area contributed by atoms with E-state index in [0.29, 0.717) is 5.25 Å². The van der Waals surface area contributed by atoms with Crippen molar-refractivity contribution in [1.82, 2.24) is 0 Å². The molecule has 29 heavy (non-hydrogen) atoms. The number of aryl methyl sites for hydroxylation is 1. The van der Waals surface area contributed by atoms with Gasteiger partial charge in [0.2, 0.25) is 0 Å². The standard InChI is InChI=1S/C24H34O3S2/c1-3-4-5-6-7-11-20-28(23-18-19-23,22-12-9-8-10-13-22)27-29(25,26)24-16-14-21(2)15-17-24/h8-10,12-17,23H,3-7,11,18-20H2,1-2H3. The van der Waals surface area contributed by atoms with Crippen LogP contribution < -0.4 is 0 Å². The van der Waals surface area contributed by atoms with Gasteiger partial charge in [-0.05, 0) is 50.5 Å². The molecule has 0 heterocycles. The first-order valence-electron chi connectivity index (χ1n) is 10.9. The normalized spacial score (nSPS) is 17.6. The summed E-state index contributed by atoms with van der Waals surface area (Å²) in [4.78, 5) is 1.34. The second-order valence-electron chi connectivity index (χ2n) is 8.05. The van der Waals surface area contributed by atoms with E-state index in [-0.39, 0.29) is 4.90 Å². The Kier molecular flexibility index (Phi) is 7.83. The first kappa shape index (κ1) is 22.4. The maximum atomic E-state index is 13.2. The van der Waals surface area contributed by atoms with Crippen LogP contribution in [-0.2, 0) is 13.7 Å². The first-order valence-corrected chi connectivity index (χ1v) is 14.1. The van der Waals surface area contributed by atoms with Crippen LogP contribution in [0.15, 0.2) is 64.4 Å². The van der Waals surface area contributed by atoms with Gasteiger partial charge in [-0.15, -0.1) is 0 Å². The Balaban J connectivity index is 1.85. The molecule has 0 N–H and O–H groups in total. The van der Waals surface area contributed by atoms with E-state index in [4.69, 9.17) is 3.63 Å². The SMILES string of the molecule is CCCCCCCCS(OS(=O)(=O)c1ccc(C)cc1)(c1ccccc1)C1CC1. The molecule has 160 valence electrons. The van der Waals surface area contributed by atoms with Crippen LogP contribution in [0.1, 0.15) is 63.9 Å². The third kappa shape index (κ3) is 5.87. The summed E-state index contributed by atoms with van der Waals surface area (Å²) in [5.74, 6) is 0.832. The third-order valence-corrected chi connectivity index (χ3v) is 11.6. The highest BCUT2D eigenvalue weighted by molar-refractivity contribution is 8.33. The van der Waals surface area contributed by atoms with Gasteiger partial charge in [0.05, 0.1) is 4.90 Å². The predicted molar refractivity (Wildman–Crippen MR) is 123 cm³/mol. The van der Waals surface area contributed by atoms with Crippen LogP contribution in [0.4, 0.5) is 0 Å². The lowest BCUT2D eigenvalue weighted by Gasteiger charge is -2.39. The van der Waals surface area contributed by atoms with Crippen LogP contribution in [0.2, 0.25) is 0 Å². The summed E-state index contributed by atoms with van der Waals surface area (Å²) in [7, 11) is -5.68. The molecule has 1 aliphatic carbocycles. The van der Waals surface area contributed by atoms with E-state index in [0.717, 1.165) is 41.9 Å². The highest BCUT2D eigenvalue weighted by Crippen LogP contribution is 2.69. The maximum absolute atomic E-state index is 13.2. The van der Waals surface area contributed by atoms with Crippen LogP contribution >= 0.6 is 10.3 Å². The van der Waals surface area contributed by atoms with Crippen molar-refractivity contribution in [3.8, 4) is 0 Å². The predicted octanol–water partition coefficient (Wildman–Crippen LogP) is 7.00. The van der Waals surface area contributed by atoms with Gasteiger partial charge in [-0.2, -0.15) is 8.42 Å². The van der Waals surface area contributed by atoms with Crippen molar-refractivity contribution in [2.45, 2.75) is 80.3 Å². The molecule has 0 aliphatic heterocycles. The van der Waals surface area contributed by atoms with E-state index in [2.05, 4.69) is 19.1 Å². The minimum Gasteiger partial charge on any atom is -0.212 e. The number of hydrogen-bond acceptors (Lipinski definition) is 3. The van der Waals surface area contributed by atoms with Gasteiger partial charge in [0, 0.05) is 15.9 Å². The van der Waals surface area contributed by atoms with Gasteiger partial charge in [-0.1, -0.05) is 85.2 Å². The summed E-state index contributed by atoms with van der Waals surface area (Å²) in [6.45, 7) is 4.18. The number of unbranched alkanes of at least 4 members (excludes halogenated alkanes) is 5. The Morgan fingerprint density at radius 2 is 1.45 bits per heavy atom. The van der Waals surface area contributed by atoms with Gasteiger partial charge < -0.3 is 0 Å². The fourth-order valence-electron chi connectivity index (χ4n) is 3.71. The fraction of sp³-hybridized carbons (Fsp3) is 0.500. The van der Waals surface area contributed by atoms with E-state index in [1.165, 1.54) is 25.7 Å². The molecule has 0 saturated heterocycles. The van der Waals surface area contributed by atoms with Gasteiger partial charge in [-0.3, -0.25) is 0 Å². The van der Waals surface area contributed by atoms with Crippen molar-refractivity contribution in [1.29, 1.82) is 0 Å². The summed E-state index contributed by atoms with van der Waals surface area (Å²) in [6.07, 6.45) is 9.27. The van der Waals surface area contributed by atoms with E-state index < -0.39 is 20.4 Å². The Labute approximate surface area is 178 Å². The number of hydrogen-bond donors (Lipinski definition) is 0. The van der Waals surface area contributed by atoms with Crippen molar-refractivity contribution in [3.63, 3.8) is 0 Å². The van der Waals surface area contributed by atoms with Crippen molar-refractivity contribution in [3.05, 3.63) is 60.2 Å². The molecule has 1 unspecified atom stereocenters. The summed E-state index contributed by atoms with van der Waals surface area (Å²) in [5.41, 5.74) is 1.04. The fourth-order valence-corrected chi connectivity index (χ4v) is 9.90. The Hall–Kier alpha value is -1.30. The van der Waals surface area contributed by atoms with Gasteiger partial charge in [-0.25, -0.2) is 3.63 Å². The molecule has 0 aromatic heterocycles. The number of benzene rings is 2. The third-order valence-electron chi connectivity index (χ3n) is 5.53. The highest BCUT2D eigenvalue weighted by atomic mass is 32.3. The molecular weight excluding hydrogens is 400 g/mol. The largest absolute Gasteiger partial charge is 0.306 e. The molecule has 1 fully saturated rings.